The van der Waals surface area contributed by atoms with Gasteiger partial charge >= 0.3 is 6.18 Å². The number of rotatable bonds is 5. The fourth-order valence-electron chi connectivity index (χ4n) is 2.26. The predicted molar refractivity (Wildman–Crippen MR) is 95.0 cm³/mol. The molecule has 144 valence electrons. The van der Waals surface area contributed by atoms with E-state index in [0.717, 1.165) is 12.1 Å². The van der Waals surface area contributed by atoms with Gasteiger partial charge in [-0.1, -0.05) is 26.0 Å². The third-order valence-corrected chi connectivity index (χ3v) is 3.86. The van der Waals surface area contributed by atoms with Crippen LogP contribution in [0.3, 0.4) is 0 Å². The molecule has 1 atom stereocenters. The van der Waals surface area contributed by atoms with Crippen LogP contribution >= 0.6 is 0 Å². The maximum atomic E-state index is 12.8. The third kappa shape index (κ3) is 5.54. The zero-order valence-corrected chi connectivity index (χ0v) is 15.1. The molecule has 2 rings (SSSR count). The first-order chi connectivity index (χ1) is 12.6. The maximum Gasteiger partial charge on any atom is 0.416 e. The van der Waals surface area contributed by atoms with Gasteiger partial charge in [-0.25, -0.2) is 4.98 Å². The number of hydrogen-bond donors (Lipinski definition) is 2. The Hall–Kier alpha value is -2.90. The van der Waals surface area contributed by atoms with E-state index >= 15 is 0 Å². The van der Waals surface area contributed by atoms with Crippen molar-refractivity contribution in [2.75, 3.05) is 5.32 Å². The summed E-state index contributed by atoms with van der Waals surface area (Å²) in [4.78, 5) is 28.1. The van der Waals surface area contributed by atoms with Crippen LogP contribution in [0.4, 0.5) is 19.0 Å². The Morgan fingerprint density at radius 3 is 2.41 bits per heavy atom. The van der Waals surface area contributed by atoms with Crippen molar-refractivity contribution in [3.05, 3.63) is 59.3 Å². The Kier molecular flexibility index (Phi) is 6.20. The number of alkyl halides is 3. The Labute approximate surface area is 155 Å². The van der Waals surface area contributed by atoms with Gasteiger partial charge in [-0.3, -0.25) is 9.59 Å². The summed E-state index contributed by atoms with van der Waals surface area (Å²) in [5.41, 5.74) is -0.202. The topological polar surface area (TPSA) is 71.1 Å². The van der Waals surface area contributed by atoms with Gasteiger partial charge in [-0.15, -0.1) is 0 Å². The zero-order chi connectivity index (χ0) is 20.2. The average Bonchev–Trinajstić information content (AvgIpc) is 2.61. The number of hydrogen-bond acceptors (Lipinski definition) is 3. The van der Waals surface area contributed by atoms with E-state index in [4.69, 9.17) is 0 Å². The van der Waals surface area contributed by atoms with Crippen molar-refractivity contribution in [3.8, 4) is 0 Å². The fourth-order valence-corrected chi connectivity index (χ4v) is 2.26. The van der Waals surface area contributed by atoms with Gasteiger partial charge in [0.2, 0.25) is 5.91 Å². The normalized spacial score (nSPS) is 12.6. The van der Waals surface area contributed by atoms with Gasteiger partial charge in [0.25, 0.3) is 5.91 Å². The molecule has 1 unspecified atom stereocenters. The molecule has 0 saturated carbocycles. The number of nitrogens with zero attached hydrogens (tertiary/aromatic N) is 1. The van der Waals surface area contributed by atoms with Gasteiger partial charge in [0.1, 0.15) is 5.82 Å². The van der Waals surface area contributed by atoms with E-state index in [9.17, 15) is 22.8 Å². The van der Waals surface area contributed by atoms with Gasteiger partial charge in [0, 0.05) is 17.7 Å². The number of anilines is 1. The van der Waals surface area contributed by atoms with Crippen LogP contribution in [-0.4, -0.2) is 16.8 Å². The highest BCUT2D eigenvalue weighted by Gasteiger charge is 2.30. The van der Waals surface area contributed by atoms with Crippen LogP contribution < -0.4 is 10.6 Å². The van der Waals surface area contributed by atoms with Crippen molar-refractivity contribution in [3.63, 3.8) is 0 Å². The molecule has 8 heteroatoms. The second kappa shape index (κ2) is 8.20. The quantitative estimate of drug-likeness (QED) is 0.819. The van der Waals surface area contributed by atoms with Crippen molar-refractivity contribution < 1.29 is 22.8 Å². The largest absolute Gasteiger partial charge is 0.416 e. The molecule has 0 saturated heterocycles. The maximum absolute atomic E-state index is 12.8. The number of halogens is 3. The molecule has 0 radical (unpaired) electrons. The number of carbonyl (C=O) groups excluding carboxylic acids is 2. The lowest BCUT2D eigenvalue weighted by molar-refractivity contribution is -0.137. The van der Waals surface area contributed by atoms with Gasteiger partial charge in [-0.2, -0.15) is 13.2 Å². The first kappa shape index (κ1) is 20.4. The Balaban J connectivity index is 2.12. The Bertz CT molecular complexity index is 835. The van der Waals surface area contributed by atoms with Crippen LogP contribution in [0.5, 0.6) is 0 Å². The molecule has 0 aliphatic carbocycles. The van der Waals surface area contributed by atoms with Gasteiger partial charge < -0.3 is 10.6 Å². The molecule has 0 spiro atoms. The van der Waals surface area contributed by atoms with Crippen LogP contribution in [0.25, 0.3) is 0 Å². The molecule has 1 heterocycles. The summed E-state index contributed by atoms with van der Waals surface area (Å²) in [5.74, 6) is -0.738. The van der Waals surface area contributed by atoms with Crippen molar-refractivity contribution in [2.24, 2.45) is 5.92 Å². The molecule has 0 aliphatic heterocycles. The van der Waals surface area contributed by atoms with Crippen LogP contribution in [0.1, 0.15) is 48.3 Å². The van der Waals surface area contributed by atoms with Crippen LogP contribution in [0.15, 0.2) is 42.6 Å². The summed E-state index contributed by atoms with van der Waals surface area (Å²) in [6.45, 7) is 5.04. The zero-order valence-electron chi connectivity index (χ0n) is 15.1. The molecule has 1 aromatic heterocycles. The smallest absolute Gasteiger partial charge is 0.346 e. The standard InChI is InChI=1S/C19H20F3N3O2/c1-11(2)17(26)25-16-10-14(7-8-23-16)18(27)24-12(3)13-5-4-6-15(9-13)19(20,21)22/h4-12H,1-3H3,(H,24,27)(H,23,25,26). The first-order valence-electron chi connectivity index (χ1n) is 8.33. The minimum atomic E-state index is -4.45. The number of nitrogens with one attached hydrogen (secondary N) is 2. The van der Waals surface area contributed by atoms with E-state index < -0.39 is 23.7 Å². The number of benzene rings is 1. The molecular formula is C19H20F3N3O2. The van der Waals surface area contributed by atoms with Crippen LogP contribution in [-0.2, 0) is 11.0 Å². The average molecular weight is 379 g/mol. The SMILES string of the molecule is CC(C)C(=O)Nc1cc(C(=O)NC(C)c2cccc(C(F)(F)F)c2)ccn1. The summed E-state index contributed by atoms with van der Waals surface area (Å²) in [6.07, 6.45) is -3.08. The van der Waals surface area contributed by atoms with Gasteiger partial charge in [0.05, 0.1) is 11.6 Å². The lowest BCUT2D eigenvalue weighted by atomic mass is 10.0. The second-order valence-corrected chi connectivity index (χ2v) is 6.39. The molecule has 2 N–H and O–H groups in total. The molecular weight excluding hydrogens is 359 g/mol. The highest BCUT2D eigenvalue weighted by Crippen LogP contribution is 2.30. The highest BCUT2D eigenvalue weighted by atomic mass is 19.4. The molecule has 0 aliphatic rings. The number of pyridine rings is 1. The Morgan fingerprint density at radius 2 is 1.78 bits per heavy atom. The molecule has 2 amide bonds. The number of amides is 2. The van der Waals surface area contributed by atoms with Crippen molar-refractivity contribution in [1.82, 2.24) is 10.3 Å². The van der Waals surface area contributed by atoms with Crippen LogP contribution in [0, 0.1) is 5.92 Å². The molecule has 0 fully saturated rings. The van der Waals surface area contributed by atoms with Gasteiger partial charge in [0.15, 0.2) is 0 Å². The summed E-state index contributed by atoms with van der Waals surface area (Å²) < 4.78 is 38.5. The van der Waals surface area contributed by atoms with Gasteiger partial charge in [-0.05, 0) is 36.8 Å². The van der Waals surface area contributed by atoms with Crippen molar-refractivity contribution in [1.29, 1.82) is 0 Å². The van der Waals surface area contributed by atoms with E-state index in [1.165, 1.54) is 30.5 Å². The number of carbonyl (C=O) groups is 2. The monoisotopic (exact) mass is 379 g/mol. The van der Waals surface area contributed by atoms with Crippen molar-refractivity contribution in [2.45, 2.75) is 33.0 Å². The number of aromatic nitrogens is 1. The summed E-state index contributed by atoms with van der Waals surface area (Å²) in [7, 11) is 0. The Morgan fingerprint density at radius 1 is 1.07 bits per heavy atom. The lowest BCUT2D eigenvalue weighted by Crippen LogP contribution is -2.27. The minimum absolute atomic E-state index is 0.230. The molecule has 2 aromatic rings. The third-order valence-electron chi connectivity index (χ3n) is 3.86. The summed E-state index contributed by atoms with van der Waals surface area (Å²) >= 11 is 0. The highest BCUT2D eigenvalue weighted by molar-refractivity contribution is 5.97. The predicted octanol–water partition coefficient (Wildman–Crippen LogP) is 4.19. The molecule has 5 nitrogen and oxygen atoms in total. The molecule has 27 heavy (non-hydrogen) atoms. The second-order valence-electron chi connectivity index (χ2n) is 6.39. The van der Waals surface area contributed by atoms with Crippen molar-refractivity contribution >= 4 is 17.6 Å². The molecule has 1 aromatic carbocycles. The van der Waals surface area contributed by atoms with E-state index in [0.29, 0.717) is 5.56 Å². The fraction of sp³-hybridized carbons (Fsp3) is 0.316. The lowest BCUT2D eigenvalue weighted by Gasteiger charge is -2.16. The van der Waals surface area contributed by atoms with E-state index in [1.54, 1.807) is 20.8 Å². The van der Waals surface area contributed by atoms with E-state index in [1.807, 2.05) is 0 Å². The minimum Gasteiger partial charge on any atom is -0.346 e. The van der Waals surface area contributed by atoms with E-state index in [-0.39, 0.29) is 23.2 Å². The molecule has 0 bridgehead atoms. The first-order valence-corrected chi connectivity index (χ1v) is 8.33. The van der Waals surface area contributed by atoms with Crippen LogP contribution in [0.2, 0.25) is 0 Å². The summed E-state index contributed by atoms with van der Waals surface area (Å²) in [5, 5.41) is 5.24. The summed E-state index contributed by atoms with van der Waals surface area (Å²) in [6, 6.07) is 7.03. The van der Waals surface area contributed by atoms with E-state index in [2.05, 4.69) is 15.6 Å².